The highest BCUT2D eigenvalue weighted by Gasteiger charge is 2.16. The van der Waals surface area contributed by atoms with Gasteiger partial charge in [0.2, 0.25) is 0 Å². The number of halogens is 1. The van der Waals surface area contributed by atoms with Crippen LogP contribution in [0.4, 0.5) is 0 Å². The van der Waals surface area contributed by atoms with Crippen molar-refractivity contribution in [3.63, 3.8) is 0 Å². The third-order valence-corrected chi connectivity index (χ3v) is 4.00. The highest BCUT2D eigenvalue weighted by Crippen LogP contribution is 2.23. The Morgan fingerprint density at radius 3 is 2.71 bits per heavy atom. The number of benzene rings is 1. The van der Waals surface area contributed by atoms with Gasteiger partial charge in [-0.15, -0.1) is 11.6 Å². The lowest BCUT2D eigenvalue weighted by molar-refractivity contribution is 0.602. The van der Waals surface area contributed by atoms with E-state index in [1.165, 1.54) is 6.26 Å². The monoisotopic (exact) mass is 272 g/mol. The fourth-order valence-electron chi connectivity index (χ4n) is 1.84. The van der Waals surface area contributed by atoms with E-state index in [0.717, 1.165) is 11.3 Å². The van der Waals surface area contributed by atoms with E-state index in [2.05, 4.69) is 4.98 Å². The van der Waals surface area contributed by atoms with Crippen molar-refractivity contribution < 1.29 is 8.42 Å². The summed E-state index contributed by atoms with van der Waals surface area (Å²) in [5.74, 6) is 1.26. The second-order valence-electron chi connectivity index (χ2n) is 3.92. The summed E-state index contributed by atoms with van der Waals surface area (Å²) in [5, 5.41) is 0. The van der Waals surface area contributed by atoms with Gasteiger partial charge in [-0.25, -0.2) is 13.4 Å². The number of alkyl halides is 1. The molecule has 0 aliphatic heterocycles. The van der Waals surface area contributed by atoms with Crippen molar-refractivity contribution in [2.45, 2.75) is 11.3 Å². The van der Waals surface area contributed by atoms with Crippen LogP contribution in [0.25, 0.3) is 11.0 Å². The molecule has 1 aromatic carbocycles. The van der Waals surface area contributed by atoms with Crippen LogP contribution >= 0.6 is 11.6 Å². The fraction of sp³-hybridized carbons (Fsp3) is 0.364. The van der Waals surface area contributed by atoms with Crippen LogP contribution in [-0.2, 0) is 23.3 Å². The van der Waals surface area contributed by atoms with Crippen molar-refractivity contribution in [2.75, 3.05) is 12.1 Å². The molecule has 0 radical (unpaired) electrons. The Morgan fingerprint density at radius 1 is 1.41 bits per heavy atom. The summed E-state index contributed by atoms with van der Waals surface area (Å²) >= 11 is 5.69. The molecule has 0 N–H and O–H groups in total. The third kappa shape index (κ3) is 2.17. The normalized spacial score (nSPS) is 12.2. The first kappa shape index (κ1) is 12.4. The Hall–Kier alpha value is -1.07. The summed E-state index contributed by atoms with van der Waals surface area (Å²) in [5.41, 5.74) is 1.34. The Balaban J connectivity index is 2.78. The zero-order valence-electron chi connectivity index (χ0n) is 9.64. The van der Waals surface area contributed by atoms with E-state index in [4.69, 9.17) is 11.6 Å². The molecule has 0 atom stereocenters. The average molecular weight is 273 g/mol. The molecule has 2 aromatic rings. The van der Waals surface area contributed by atoms with Crippen LogP contribution in [0.2, 0.25) is 0 Å². The van der Waals surface area contributed by atoms with Crippen molar-refractivity contribution >= 4 is 32.5 Å². The first-order chi connectivity index (χ1) is 7.95. The largest absolute Gasteiger partial charge is 0.331 e. The van der Waals surface area contributed by atoms with Gasteiger partial charge in [0.1, 0.15) is 11.3 Å². The van der Waals surface area contributed by atoms with E-state index in [1.54, 1.807) is 12.1 Å². The van der Waals surface area contributed by atoms with Crippen LogP contribution in [0.5, 0.6) is 0 Å². The molecule has 4 nitrogen and oxygen atoms in total. The highest BCUT2D eigenvalue weighted by atomic mass is 35.5. The Morgan fingerprint density at radius 2 is 2.12 bits per heavy atom. The van der Waals surface area contributed by atoms with E-state index < -0.39 is 9.84 Å². The minimum absolute atomic E-state index is 0.270. The molecule has 0 saturated heterocycles. The van der Waals surface area contributed by atoms with Gasteiger partial charge in [-0.3, -0.25) is 0 Å². The molecule has 6 heteroatoms. The molecule has 92 valence electrons. The van der Waals surface area contributed by atoms with Gasteiger partial charge in [-0.05, 0) is 12.1 Å². The summed E-state index contributed by atoms with van der Waals surface area (Å²) in [6.45, 7) is 0. The van der Waals surface area contributed by atoms with Crippen LogP contribution in [0.1, 0.15) is 5.82 Å². The number of hydrogen-bond acceptors (Lipinski definition) is 3. The van der Waals surface area contributed by atoms with E-state index in [0.29, 0.717) is 17.8 Å². The molecule has 0 saturated carbocycles. The molecule has 0 amide bonds. The van der Waals surface area contributed by atoms with Crippen LogP contribution < -0.4 is 0 Å². The van der Waals surface area contributed by atoms with Crippen LogP contribution in [-0.4, -0.2) is 30.1 Å². The maximum atomic E-state index is 11.6. The molecule has 0 unspecified atom stereocenters. The number of nitrogens with zero attached hydrogens (tertiary/aromatic N) is 2. The fourth-order valence-corrected chi connectivity index (χ4v) is 2.84. The van der Waals surface area contributed by atoms with Crippen LogP contribution in [0.3, 0.4) is 0 Å². The van der Waals surface area contributed by atoms with Gasteiger partial charge in [-0.2, -0.15) is 0 Å². The lowest BCUT2D eigenvalue weighted by Crippen LogP contribution is -1.98. The lowest BCUT2D eigenvalue weighted by Gasteiger charge is -2.00. The van der Waals surface area contributed by atoms with Gasteiger partial charge in [0.05, 0.1) is 10.4 Å². The first-order valence-corrected chi connectivity index (χ1v) is 7.58. The van der Waals surface area contributed by atoms with Gasteiger partial charge in [0.15, 0.2) is 9.84 Å². The summed E-state index contributed by atoms with van der Waals surface area (Å²) in [6.07, 6.45) is 1.81. The van der Waals surface area contributed by atoms with Gasteiger partial charge in [-0.1, -0.05) is 6.07 Å². The van der Waals surface area contributed by atoms with E-state index in [-0.39, 0.29) is 4.90 Å². The molecule has 1 aromatic heterocycles. The number of fused-ring (bicyclic) bond motifs is 1. The highest BCUT2D eigenvalue weighted by molar-refractivity contribution is 7.91. The lowest BCUT2D eigenvalue weighted by atomic mass is 10.3. The number of para-hydroxylation sites is 1. The number of rotatable bonds is 3. The molecule has 0 bridgehead atoms. The predicted octanol–water partition coefficient (Wildman–Crippen LogP) is 1.76. The van der Waals surface area contributed by atoms with E-state index in [9.17, 15) is 8.42 Å². The van der Waals surface area contributed by atoms with Gasteiger partial charge >= 0.3 is 0 Å². The zero-order valence-corrected chi connectivity index (χ0v) is 11.2. The minimum Gasteiger partial charge on any atom is -0.331 e. The summed E-state index contributed by atoms with van der Waals surface area (Å²) in [6, 6.07) is 5.16. The predicted molar refractivity (Wildman–Crippen MR) is 68.2 cm³/mol. The van der Waals surface area contributed by atoms with Crippen molar-refractivity contribution in [2.24, 2.45) is 7.05 Å². The molecule has 1 heterocycles. The van der Waals surface area contributed by atoms with Crippen LogP contribution in [0, 0.1) is 0 Å². The van der Waals surface area contributed by atoms with Crippen molar-refractivity contribution in [1.82, 2.24) is 9.55 Å². The van der Waals surface area contributed by atoms with E-state index in [1.807, 2.05) is 17.7 Å². The maximum Gasteiger partial charge on any atom is 0.177 e. The number of aromatic nitrogens is 2. The number of hydrogen-bond donors (Lipinski definition) is 0. The van der Waals surface area contributed by atoms with Gasteiger partial charge in [0.25, 0.3) is 0 Å². The van der Waals surface area contributed by atoms with Crippen molar-refractivity contribution in [3.8, 4) is 0 Å². The zero-order chi connectivity index (χ0) is 12.6. The van der Waals surface area contributed by atoms with Crippen molar-refractivity contribution in [1.29, 1.82) is 0 Å². The third-order valence-electron chi connectivity index (χ3n) is 2.68. The molecule has 0 spiro atoms. The molecule has 0 aliphatic rings. The second kappa shape index (κ2) is 4.31. The average Bonchev–Trinajstić information content (AvgIpc) is 2.55. The first-order valence-electron chi connectivity index (χ1n) is 5.15. The summed E-state index contributed by atoms with van der Waals surface area (Å²) < 4.78 is 25.2. The second-order valence-corrected chi connectivity index (χ2v) is 6.28. The number of imidazole rings is 1. The maximum absolute atomic E-state index is 11.6. The number of aryl methyl sites for hydroxylation is 2. The quantitative estimate of drug-likeness (QED) is 0.800. The van der Waals surface area contributed by atoms with Gasteiger partial charge < -0.3 is 4.57 Å². The topological polar surface area (TPSA) is 52.0 Å². The summed E-state index contributed by atoms with van der Waals surface area (Å²) in [4.78, 5) is 4.64. The Kier molecular flexibility index (Phi) is 3.14. The Bertz CT molecular complexity index is 661. The molecular formula is C11H13ClN2O2S. The van der Waals surface area contributed by atoms with Gasteiger partial charge in [0, 0.05) is 25.6 Å². The molecule has 0 aliphatic carbocycles. The van der Waals surface area contributed by atoms with Crippen LogP contribution in [0.15, 0.2) is 23.1 Å². The SMILES string of the molecule is Cn1c(CCCl)nc2c(S(C)(=O)=O)cccc21. The number of sulfone groups is 1. The molecule has 2 rings (SSSR count). The smallest absolute Gasteiger partial charge is 0.177 e. The minimum atomic E-state index is -3.26. The standard InChI is InChI=1S/C11H13ClN2O2S/c1-14-8-4-3-5-9(17(2,15)16)11(8)13-10(14)6-7-12/h3-5H,6-7H2,1-2H3. The Labute approximate surface area is 105 Å². The summed E-state index contributed by atoms with van der Waals surface area (Å²) in [7, 11) is -1.39. The molecule has 17 heavy (non-hydrogen) atoms. The molecule has 0 fully saturated rings. The molecular weight excluding hydrogens is 260 g/mol. The van der Waals surface area contributed by atoms with Crippen molar-refractivity contribution in [3.05, 3.63) is 24.0 Å². The van der Waals surface area contributed by atoms with E-state index >= 15 is 0 Å².